The smallest absolute Gasteiger partial charge is 0.376 e. The van der Waals surface area contributed by atoms with Crippen LogP contribution in [0.1, 0.15) is 61.4 Å². The number of benzene rings is 1. The Bertz CT molecular complexity index is 846. The van der Waals surface area contributed by atoms with E-state index in [4.69, 9.17) is 9.47 Å². The zero-order chi connectivity index (χ0) is 22.9. The molecule has 1 saturated carbocycles. The highest BCUT2D eigenvalue weighted by molar-refractivity contribution is 5.99. The molecule has 1 aromatic carbocycles. The lowest BCUT2D eigenvalue weighted by Gasteiger charge is -2.43. The van der Waals surface area contributed by atoms with Crippen molar-refractivity contribution in [2.45, 2.75) is 69.5 Å². The number of hydrogen-bond donors (Lipinski definition) is 1. The minimum Gasteiger partial charge on any atom is -0.376 e. The van der Waals surface area contributed by atoms with E-state index in [0.717, 1.165) is 31.7 Å². The maximum absolute atomic E-state index is 13.6. The van der Waals surface area contributed by atoms with Crippen LogP contribution in [0.5, 0.6) is 0 Å². The van der Waals surface area contributed by atoms with Crippen LogP contribution in [0.2, 0.25) is 0 Å². The number of alkyl halides is 3. The second kappa shape index (κ2) is 9.02. The first-order valence-corrected chi connectivity index (χ1v) is 11.2. The average Bonchev–Trinajstić information content (AvgIpc) is 3.41. The predicted octanol–water partition coefficient (Wildman–Crippen LogP) is 3.75. The molecule has 0 unspecified atom stereocenters. The molecule has 3 aliphatic rings. The van der Waals surface area contributed by atoms with E-state index in [0.29, 0.717) is 31.9 Å². The fraction of sp³-hybridized carbons (Fsp3) is 0.652. The van der Waals surface area contributed by atoms with Crippen molar-refractivity contribution in [2.24, 2.45) is 5.92 Å². The molecule has 1 N–H and O–H groups in total. The van der Waals surface area contributed by atoms with Gasteiger partial charge in [0.05, 0.1) is 23.8 Å². The number of nitrogens with zero attached hydrogens (tertiary/aromatic N) is 1. The van der Waals surface area contributed by atoms with Gasteiger partial charge in [-0.25, -0.2) is 0 Å². The van der Waals surface area contributed by atoms with Gasteiger partial charge in [-0.3, -0.25) is 14.5 Å². The van der Waals surface area contributed by atoms with Crippen LogP contribution in [0.3, 0.4) is 0 Å². The van der Waals surface area contributed by atoms with Gasteiger partial charge in [0.25, 0.3) is 5.91 Å². The Kier molecular flexibility index (Phi) is 6.49. The van der Waals surface area contributed by atoms with Gasteiger partial charge in [0, 0.05) is 13.2 Å². The lowest BCUT2D eigenvalue weighted by Crippen LogP contribution is -2.57. The Morgan fingerprint density at radius 2 is 1.91 bits per heavy atom. The third kappa shape index (κ3) is 4.50. The van der Waals surface area contributed by atoms with Crippen LogP contribution in [0.4, 0.5) is 13.2 Å². The van der Waals surface area contributed by atoms with Crippen molar-refractivity contribution >= 4 is 11.8 Å². The topological polar surface area (TPSA) is 67.9 Å². The third-order valence-electron chi connectivity index (χ3n) is 6.83. The van der Waals surface area contributed by atoms with Crippen molar-refractivity contribution < 1.29 is 32.2 Å². The summed E-state index contributed by atoms with van der Waals surface area (Å²) in [5.74, 6) is -0.813. The van der Waals surface area contributed by atoms with Crippen molar-refractivity contribution in [2.75, 3.05) is 19.8 Å². The van der Waals surface area contributed by atoms with Gasteiger partial charge in [0.2, 0.25) is 5.91 Å². The van der Waals surface area contributed by atoms with E-state index in [9.17, 15) is 22.8 Å². The molecule has 9 heteroatoms. The molecule has 32 heavy (non-hydrogen) atoms. The Labute approximate surface area is 185 Å². The van der Waals surface area contributed by atoms with Crippen LogP contribution in [0.15, 0.2) is 24.3 Å². The summed E-state index contributed by atoms with van der Waals surface area (Å²) in [5.41, 5.74) is -2.52. The van der Waals surface area contributed by atoms with E-state index < -0.39 is 40.9 Å². The largest absolute Gasteiger partial charge is 0.417 e. The number of hydrogen-bond acceptors (Lipinski definition) is 4. The summed E-state index contributed by atoms with van der Waals surface area (Å²) in [5, 5.41) is 2.82. The van der Waals surface area contributed by atoms with Gasteiger partial charge in [-0.15, -0.1) is 0 Å². The Balaban J connectivity index is 1.63. The summed E-state index contributed by atoms with van der Waals surface area (Å²) in [7, 11) is 0. The van der Waals surface area contributed by atoms with Crippen LogP contribution < -0.4 is 5.32 Å². The van der Waals surface area contributed by atoms with Gasteiger partial charge in [-0.2, -0.15) is 13.2 Å². The molecule has 1 aromatic rings. The summed E-state index contributed by atoms with van der Waals surface area (Å²) >= 11 is 0. The fourth-order valence-electron chi connectivity index (χ4n) is 4.96. The molecule has 2 atom stereocenters. The molecule has 176 valence electrons. The number of carbonyl (C=O) groups is 2. The van der Waals surface area contributed by atoms with Crippen LogP contribution in [0, 0.1) is 5.92 Å². The molecule has 0 bridgehead atoms. The highest BCUT2D eigenvalue weighted by atomic mass is 19.4. The van der Waals surface area contributed by atoms with Gasteiger partial charge in [-0.05, 0) is 56.6 Å². The number of amides is 2. The normalized spacial score (nSPS) is 30.6. The van der Waals surface area contributed by atoms with Crippen molar-refractivity contribution in [3.8, 4) is 0 Å². The van der Waals surface area contributed by atoms with Crippen molar-refractivity contribution in [3.05, 3.63) is 35.4 Å². The van der Waals surface area contributed by atoms with Gasteiger partial charge < -0.3 is 14.8 Å². The Morgan fingerprint density at radius 3 is 2.56 bits per heavy atom. The first kappa shape index (κ1) is 23.0. The SMILES string of the molecule is CC1CCC2(CC1)OC[C@@H](C(=O)NC[C@@H]1CCCO1)N2C(=O)c1ccccc1C(F)(F)F. The minimum atomic E-state index is -4.68. The lowest BCUT2D eigenvalue weighted by atomic mass is 9.83. The Hall–Kier alpha value is -2.13. The summed E-state index contributed by atoms with van der Waals surface area (Å²) in [6, 6.07) is 3.74. The molecule has 2 aliphatic heterocycles. The maximum atomic E-state index is 13.6. The fourth-order valence-corrected chi connectivity index (χ4v) is 4.96. The minimum absolute atomic E-state index is 0.0360. The quantitative estimate of drug-likeness (QED) is 0.753. The maximum Gasteiger partial charge on any atom is 0.417 e. The molecule has 3 fully saturated rings. The van der Waals surface area contributed by atoms with E-state index in [-0.39, 0.29) is 12.7 Å². The number of carbonyl (C=O) groups excluding carboxylic acids is 2. The molecule has 1 aliphatic carbocycles. The number of rotatable bonds is 4. The first-order valence-electron chi connectivity index (χ1n) is 11.2. The van der Waals surface area contributed by atoms with Gasteiger partial charge in [-0.1, -0.05) is 19.1 Å². The van der Waals surface area contributed by atoms with Crippen LogP contribution in [-0.2, 0) is 20.4 Å². The zero-order valence-electron chi connectivity index (χ0n) is 18.1. The third-order valence-corrected chi connectivity index (χ3v) is 6.83. The van der Waals surface area contributed by atoms with Crippen molar-refractivity contribution in [1.29, 1.82) is 0 Å². The molecule has 2 saturated heterocycles. The van der Waals surface area contributed by atoms with E-state index in [1.807, 2.05) is 0 Å². The van der Waals surface area contributed by atoms with Gasteiger partial charge in [0.1, 0.15) is 11.8 Å². The van der Waals surface area contributed by atoms with E-state index in [2.05, 4.69) is 12.2 Å². The van der Waals surface area contributed by atoms with E-state index >= 15 is 0 Å². The molecule has 2 heterocycles. The Morgan fingerprint density at radius 1 is 1.19 bits per heavy atom. The average molecular weight is 454 g/mol. The number of ether oxygens (including phenoxy) is 2. The second-order valence-corrected chi connectivity index (χ2v) is 9.05. The van der Waals surface area contributed by atoms with Crippen molar-refractivity contribution in [1.82, 2.24) is 10.2 Å². The van der Waals surface area contributed by atoms with Crippen LogP contribution in [0.25, 0.3) is 0 Å². The molecular formula is C23H29F3N2O4. The van der Waals surface area contributed by atoms with Crippen LogP contribution >= 0.6 is 0 Å². The second-order valence-electron chi connectivity index (χ2n) is 9.05. The lowest BCUT2D eigenvalue weighted by molar-refractivity contribution is -0.138. The summed E-state index contributed by atoms with van der Waals surface area (Å²) < 4.78 is 52.5. The van der Waals surface area contributed by atoms with E-state index in [1.165, 1.54) is 23.1 Å². The molecule has 0 aromatic heterocycles. The summed E-state index contributed by atoms with van der Waals surface area (Å²) in [6.07, 6.45) is -0.478. The molecule has 4 rings (SSSR count). The molecular weight excluding hydrogens is 425 g/mol. The summed E-state index contributed by atoms with van der Waals surface area (Å²) in [4.78, 5) is 27.9. The molecule has 1 spiro atoms. The molecule has 0 radical (unpaired) electrons. The highest BCUT2D eigenvalue weighted by Crippen LogP contribution is 2.44. The monoisotopic (exact) mass is 454 g/mol. The molecule has 2 amide bonds. The standard InChI is InChI=1S/C23H29F3N2O4/c1-15-8-10-22(11-9-15)28(21(30)17-6-2-3-7-18(17)23(24,25)26)19(14-32-22)20(29)27-13-16-5-4-12-31-16/h2-3,6-7,15-16,19H,4-5,8-14H2,1H3,(H,27,29)/t15?,16-,19-,22?/m0/s1. The number of halogens is 3. The predicted molar refractivity (Wildman–Crippen MR) is 110 cm³/mol. The van der Waals surface area contributed by atoms with Crippen molar-refractivity contribution in [3.63, 3.8) is 0 Å². The summed E-state index contributed by atoms with van der Waals surface area (Å²) in [6.45, 7) is 3.01. The van der Waals surface area contributed by atoms with Gasteiger partial charge in [0.15, 0.2) is 0 Å². The zero-order valence-corrected chi connectivity index (χ0v) is 18.1. The van der Waals surface area contributed by atoms with Gasteiger partial charge >= 0.3 is 6.18 Å². The highest BCUT2D eigenvalue weighted by Gasteiger charge is 2.54. The molecule has 6 nitrogen and oxygen atoms in total. The first-order chi connectivity index (χ1) is 15.2. The van der Waals surface area contributed by atoms with E-state index in [1.54, 1.807) is 0 Å². The van der Waals surface area contributed by atoms with Crippen LogP contribution in [-0.4, -0.2) is 54.3 Å². The number of nitrogens with one attached hydrogen (secondary N) is 1.